The lowest BCUT2D eigenvalue weighted by Gasteiger charge is -2.15. The molecule has 0 unspecified atom stereocenters. The van der Waals surface area contributed by atoms with Gasteiger partial charge in [0.05, 0.1) is 6.42 Å². The van der Waals surface area contributed by atoms with Crippen molar-refractivity contribution in [1.82, 2.24) is 4.98 Å². The molecule has 0 spiro atoms. The predicted molar refractivity (Wildman–Crippen MR) is 64.9 cm³/mol. The number of carboxylic acids is 1. The van der Waals surface area contributed by atoms with E-state index >= 15 is 0 Å². The summed E-state index contributed by atoms with van der Waals surface area (Å²) >= 11 is 0. The molecule has 1 saturated carbocycles. The summed E-state index contributed by atoms with van der Waals surface area (Å²) in [7, 11) is 0. The van der Waals surface area contributed by atoms with E-state index in [1.165, 1.54) is 5.56 Å². The Hall–Kier alpha value is -1.90. The number of pyridine rings is 1. The van der Waals surface area contributed by atoms with Gasteiger partial charge in [-0.05, 0) is 29.9 Å². The van der Waals surface area contributed by atoms with Gasteiger partial charge in [-0.2, -0.15) is 0 Å². The molecule has 1 aliphatic rings. The average molecular weight is 227 g/mol. The number of rotatable bonds is 3. The Labute approximate surface area is 99.1 Å². The Morgan fingerprint density at radius 2 is 2.18 bits per heavy atom. The zero-order chi connectivity index (χ0) is 11.9. The molecule has 0 bridgehead atoms. The van der Waals surface area contributed by atoms with Crippen LogP contribution in [0.3, 0.4) is 0 Å². The molecule has 17 heavy (non-hydrogen) atoms. The minimum absolute atomic E-state index is 0.132. The van der Waals surface area contributed by atoms with Crippen LogP contribution in [0.5, 0.6) is 0 Å². The van der Waals surface area contributed by atoms with Crippen molar-refractivity contribution in [3.8, 4) is 0 Å². The lowest BCUT2D eigenvalue weighted by molar-refractivity contribution is -0.137. The van der Waals surface area contributed by atoms with Gasteiger partial charge >= 0.3 is 5.97 Å². The number of hydrogen-bond acceptors (Lipinski definition) is 2. The first-order valence-electron chi connectivity index (χ1n) is 5.76. The van der Waals surface area contributed by atoms with Gasteiger partial charge in [-0.25, -0.2) is 0 Å². The molecule has 0 radical (unpaired) electrons. The number of carboxylic acid groups (broad SMARTS) is 1. The normalized spacial score (nSPS) is 16.9. The van der Waals surface area contributed by atoms with Crippen LogP contribution in [0.2, 0.25) is 0 Å². The minimum Gasteiger partial charge on any atom is -0.481 e. The predicted octanol–water partition coefficient (Wildman–Crippen LogP) is 2.74. The van der Waals surface area contributed by atoms with E-state index in [-0.39, 0.29) is 11.8 Å². The van der Waals surface area contributed by atoms with Crippen LogP contribution in [0.4, 0.5) is 0 Å². The van der Waals surface area contributed by atoms with E-state index < -0.39 is 5.97 Å². The lowest BCUT2D eigenvalue weighted by Crippen LogP contribution is -2.13. The highest BCUT2D eigenvalue weighted by Crippen LogP contribution is 2.52. The molecule has 3 nitrogen and oxygen atoms in total. The molecule has 1 N–H and O–H groups in total. The largest absolute Gasteiger partial charge is 0.481 e. The number of carbonyl (C=O) groups is 1. The van der Waals surface area contributed by atoms with Gasteiger partial charge < -0.3 is 5.11 Å². The maximum Gasteiger partial charge on any atom is 0.304 e. The molecule has 3 rings (SSSR count). The van der Waals surface area contributed by atoms with Crippen molar-refractivity contribution in [3.63, 3.8) is 0 Å². The van der Waals surface area contributed by atoms with Crippen molar-refractivity contribution in [1.29, 1.82) is 0 Å². The summed E-state index contributed by atoms with van der Waals surface area (Å²) in [5.74, 6) is -0.714. The van der Waals surface area contributed by atoms with Crippen molar-refractivity contribution in [2.75, 3.05) is 0 Å². The van der Waals surface area contributed by atoms with E-state index in [1.54, 1.807) is 6.20 Å². The molecule has 0 saturated heterocycles. The van der Waals surface area contributed by atoms with Gasteiger partial charge in [-0.15, -0.1) is 0 Å². The number of hydrogen-bond donors (Lipinski definition) is 1. The fourth-order valence-corrected chi connectivity index (χ4v) is 2.57. The maximum atomic E-state index is 11.0. The third-order valence-corrected chi connectivity index (χ3v) is 3.60. The highest BCUT2D eigenvalue weighted by Gasteiger charge is 2.46. The van der Waals surface area contributed by atoms with Crippen LogP contribution in [0.1, 0.15) is 24.8 Å². The van der Waals surface area contributed by atoms with Crippen molar-refractivity contribution >= 4 is 16.7 Å². The molecular formula is C14H13NO2. The van der Waals surface area contributed by atoms with Gasteiger partial charge in [-0.3, -0.25) is 9.78 Å². The van der Waals surface area contributed by atoms with Gasteiger partial charge in [-0.1, -0.05) is 18.2 Å². The van der Waals surface area contributed by atoms with Gasteiger partial charge in [0, 0.05) is 23.2 Å². The van der Waals surface area contributed by atoms with E-state index in [2.05, 4.69) is 11.1 Å². The molecule has 1 aliphatic carbocycles. The van der Waals surface area contributed by atoms with Crippen LogP contribution in [-0.2, 0) is 10.2 Å². The van der Waals surface area contributed by atoms with Crippen molar-refractivity contribution in [2.24, 2.45) is 0 Å². The number of aromatic nitrogens is 1. The standard InChI is InChI=1S/C14H13NO2/c16-13(17)8-14(5-6-14)12-3-1-2-10-9-15-7-4-11(10)12/h1-4,7,9H,5-6,8H2,(H,16,17). The summed E-state index contributed by atoms with van der Waals surface area (Å²) in [6.07, 6.45) is 5.77. The molecular weight excluding hydrogens is 214 g/mol. The highest BCUT2D eigenvalue weighted by atomic mass is 16.4. The highest BCUT2D eigenvalue weighted by molar-refractivity contribution is 5.87. The molecule has 0 atom stereocenters. The molecule has 2 aromatic rings. The number of benzene rings is 1. The molecule has 0 amide bonds. The average Bonchev–Trinajstić information content (AvgIpc) is 3.08. The summed E-state index contributed by atoms with van der Waals surface area (Å²) in [5.41, 5.74) is 1.03. The second-order valence-electron chi connectivity index (χ2n) is 4.75. The zero-order valence-corrected chi connectivity index (χ0v) is 9.39. The van der Waals surface area contributed by atoms with Gasteiger partial charge in [0.25, 0.3) is 0 Å². The van der Waals surface area contributed by atoms with E-state index in [9.17, 15) is 4.79 Å². The van der Waals surface area contributed by atoms with Crippen LogP contribution in [0.15, 0.2) is 36.7 Å². The Morgan fingerprint density at radius 3 is 2.88 bits per heavy atom. The summed E-state index contributed by atoms with van der Waals surface area (Å²) in [4.78, 5) is 15.1. The van der Waals surface area contributed by atoms with E-state index in [0.717, 1.165) is 23.6 Å². The summed E-state index contributed by atoms with van der Waals surface area (Å²) < 4.78 is 0. The summed E-state index contributed by atoms with van der Waals surface area (Å²) in [5, 5.41) is 11.2. The smallest absolute Gasteiger partial charge is 0.304 e. The van der Waals surface area contributed by atoms with Crippen LogP contribution < -0.4 is 0 Å². The van der Waals surface area contributed by atoms with Gasteiger partial charge in [0.15, 0.2) is 0 Å². The molecule has 3 heteroatoms. The van der Waals surface area contributed by atoms with Crippen LogP contribution >= 0.6 is 0 Å². The number of aliphatic carboxylic acids is 1. The fraction of sp³-hybridized carbons (Fsp3) is 0.286. The second kappa shape index (κ2) is 3.55. The maximum absolute atomic E-state index is 11.0. The van der Waals surface area contributed by atoms with Crippen molar-refractivity contribution < 1.29 is 9.90 Å². The molecule has 86 valence electrons. The number of nitrogens with zero attached hydrogens (tertiary/aromatic N) is 1. The molecule has 1 aromatic heterocycles. The van der Waals surface area contributed by atoms with E-state index in [0.29, 0.717) is 0 Å². The zero-order valence-electron chi connectivity index (χ0n) is 9.39. The Bertz CT molecular complexity index is 582. The molecule has 0 aliphatic heterocycles. The first-order valence-corrected chi connectivity index (χ1v) is 5.76. The minimum atomic E-state index is -0.714. The quantitative estimate of drug-likeness (QED) is 0.877. The van der Waals surface area contributed by atoms with Crippen LogP contribution in [0, 0.1) is 0 Å². The van der Waals surface area contributed by atoms with Gasteiger partial charge in [0.1, 0.15) is 0 Å². The van der Waals surface area contributed by atoms with Crippen molar-refractivity contribution in [2.45, 2.75) is 24.7 Å². The Balaban J connectivity index is 2.15. The first kappa shape index (κ1) is 10.3. The molecule has 1 aromatic carbocycles. The lowest BCUT2D eigenvalue weighted by atomic mass is 9.89. The Morgan fingerprint density at radius 1 is 1.35 bits per heavy atom. The molecule has 1 heterocycles. The van der Waals surface area contributed by atoms with E-state index in [4.69, 9.17) is 5.11 Å². The van der Waals surface area contributed by atoms with Crippen molar-refractivity contribution in [3.05, 3.63) is 42.2 Å². The monoisotopic (exact) mass is 227 g/mol. The topological polar surface area (TPSA) is 50.2 Å². The third kappa shape index (κ3) is 1.68. The Kier molecular flexibility index (Phi) is 2.15. The van der Waals surface area contributed by atoms with Gasteiger partial charge in [0.2, 0.25) is 0 Å². The summed E-state index contributed by atoms with van der Waals surface area (Å²) in [6, 6.07) is 8.04. The first-order chi connectivity index (χ1) is 8.21. The third-order valence-electron chi connectivity index (χ3n) is 3.60. The van der Waals surface area contributed by atoms with Crippen LogP contribution in [-0.4, -0.2) is 16.1 Å². The summed E-state index contributed by atoms with van der Waals surface area (Å²) in [6.45, 7) is 0. The SMILES string of the molecule is O=C(O)CC1(c2cccc3cnccc23)CC1. The fourth-order valence-electron chi connectivity index (χ4n) is 2.57. The second-order valence-corrected chi connectivity index (χ2v) is 4.75. The van der Waals surface area contributed by atoms with Crippen LogP contribution in [0.25, 0.3) is 10.8 Å². The molecule has 1 fully saturated rings. The van der Waals surface area contributed by atoms with E-state index in [1.807, 2.05) is 24.4 Å². The number of fused-ring (bicyclic) bond motifs is 1.